The Bertz CT molecular complexity index is 344. The van der Waals surface area contributed by atoms with Crippen LogP contribution in [0.25, 0.3) is 0 Å². The first-order valence-corrected chi connectivity index (χ1v) is 5.92. The van der Waals surface area contributed by atoms with Gasteiger partial charge < -0.3 is 14.8 Å². The molecule has 1 atom stereocenters. The molecule has 0 saturated carbocycles. The molecule has 0 radical (unpaired) electrons. The average Bonchev–Trinajstić information content (AvgIpc) is 2.29. The van der Waals surface area contributed by atoms with E-state index in [1.807, 2.05) is 20.8 Å². The fraction of sp³-hybridized carbons (Fsp3) is 0.538. The highest BCUT2D eigenvalue weighted by Crippen LogP contribution is 2.21. The highest BCUT2D eigenvalue weighted by Gasteiger charge is 2.10. The molecule has 1 N–H and O–H groups in total. The lowest BCUT2D eigenvalue weighted by molar-refractivity contribution is 0.0222. The van der Waals surface area contributed by atoms with Crippen molar-refractivity contribution in [1.29, 1.82) is 0 Å². The quantitative estimate of drug-likeness (QED) is 0.588. The zero-order valence-electron chi connectivity index (χ0n) is 10.6. The molecule has 1 rings (SSSR count). The fourth-order valence-electron chi connectivity index (χ4n) is 1.56. The van der Waals surface area contributed by atoms with Crippen molar-refractivity contribution in [2.75, 3.05) is 19.9 Å². The molecule has 1 aromatic rings. The van der Waals surface area contributed by atoms with Gasteiger partial charge in [-0.2, -0.15) is 0 Å². The largest absolute Gasteiger partial charge is 0.467 e. The van der Waals surface area contributed by atoms with Crippen LogP contribution in [0.15, 0.2) is 18.2 Å². The molecule has 1 unspecified atom stereocenters. The molecule has 0 saturated heterocycles. The maximum Gasteiger partial charge on any atom is 0.189 e. The fourth-order valence-corrected chi connectivity index (χ4v) is 1.56. The zero-order valence-corrected chi connectivity index (χ0v) is 10.6. The van der Waals surface area contributed by atoms with Crippen molar-refractivity contribution in [3.05, 3.63) is 29.6 Å². The molecule has 96 valence electrons. The van der Waals surface area contributed by atoms with Crippen molar-refractivity contribution >= 4 is 0 Å². The lowest BCUT2D eigenvalue weighted by Gasteiger charge is -2.14. The van der Waals surface area contributed by atoms with Crippen LogP contribution in [0.5, 0.6) is 5.75 Å². The van der Waals surface area contributed by atoms with Crippen molar-refractivity contribution in [2.45, 2.75) is 26.8 Å². The summed E-state index contributed by atoms with van der Waals surface area (Å²) in [5.74, 6) is 0.232. The highest BCUT2D eigenvalue weighted by molar-refractivity contribution is 5.30. The van der Waals surface area contributed by atoms with Crippen LogP contribution in [0.2, 0.25) is 0 Å². The first-order valence-electron chi connectivity index (χ1n) is 5.92. The molecule has 0 heterocycles. The summed E-state index contributed by atoms with van der Waals surface area (Å²) >= 11 is 0. The number of benzene rings is 1. The second-order valence-electron chi connectivity index (χ2n) is 3.72. The second kappa shape index (κ2) is 7.25. The summed E-state index contributed by atoms with van der Waals surface area (Å²) in [5.41, 5.74) is 0.649. The van der Waals surface area contributed by atoms with Crippen LogP contribution >= 0.6 is 0 Å². The number of hydrogen-bond acceptors (Lipinski definition) is 3. The SMILES string of the molecule is CCNC(C)c1ccc(OCOCC)cc1F. The molecular weight excluding hydrogens is 221 g/mol. The maximum absolute atomic E-state index is 13.8. The number of rotatable bonds is 7. The molecule has 0 aliphatic heterocycles. The summed E-state index contributed by atoms with van der Waals surface area (Å²) in [6.07, 6.45) is 0. The lowest BCUT2D eigenvalue weighted by atomic mass is 10.1. The smallest absolute Gasteiger partial charge is 0.189 e. The molecule has 17 heavy (non-hydrogen) atoms. The van der Waals surface area contributed by atoms with Gasteiger partial charge in [0.15, 0.2) is 6.79 Å². The molecule has 0 aliphatic rings. The molecule has 0 aliphatic carbocycles. The van der Waals surface area contributed by atoms with E-state index in [4.69, 9.17) is 9.47 Å². The number of ether oxygens (including phenoxy) is 2. The summed E-state index contributed by atoms with van der Waals surface area (Å²) in [6, 6.07) is 4.89. The molecule has 0 aromatic heterocycles. The minimum atomic E-state index is -0.257. The molecule has 0 amide bonds. The normalized spacial score (nSPS) is 12.5. The molecular formula is C13H20FNO2. The number of hydrogen-bond donors (Lipinski definition) is 1. The Labute approximate surface area is 102 Å². The van der Waals surface area contributed by atoms with Crippen molar-refractivity contribution in [3.8, 4) is 5.75 Å². The summed E-state index contributed by atoms with van der Waals surface area (Å²) < 4.78 is 24.0. The minimum Gasteiger partial charge on any atom is -0.467 e. The summed E-state index contributed by atoms with van der Waals surface area (Å²) in [5, 5.41) is 3.17. The van der Waals surface area contributed by atoms with E-state index in [9.17, 15) is 4.39 Å². The standard InChI is InChI=1S/C13H20FNO2/c1-4-15-10(3)12-7-6-11(8-13(12)14)17-9-16-5-2/h6-8,10,15H,4-5,9H2,1-3H3. The minimum absolute atomic E-state index is 0.000872. The van der Waals surface area contributed by atoms with Crippen LogP contribution in [0.3, 0.4) is 0 Å². The summed E-state index contributed by atoms with van der Waals surface area (Å²) in [7, 11) is 0. The van der Waals surface area contributed by atoms with Crippen LogP contribution in [-0.4, -0.2) is 19.9 Å². The predicted molar refractivity (Wildman–Crippen MR) is 65.6 cm³/mol. The Balaban J connectivity index is 2.65. The third kappa shape index (κ3) is 4.32. The maximum atomic E-state index is 13.8. The van der Waals surface area contributed by atoms with Crippen LogP contribution < -0.4 is 10.1 Å². The monoisotopic (exact) mass is 241 g/mol. The Hall–Kier alpha value is -1.13. The zero-order chi connectivity index (χ0) is 12.7. The van der Waals surface area contributed by atoms with Gasteiger partial charge in [0, 0.05) is 24.3 Å². The first-order chi connectivity index (χ1) is 8.19. The van der Waals surface area contributed by atoms with Crippen molar-refractivity contribution in [2.24, 2.45) is 0 Å². The van der Waals surface area contributed by atoms with E-state index >= 15 is 0 Å². The van der Waals surface area contributed by atoms with E-state index in [0.29, 0.717) is 17.9 Å². The van der Waals surface area contributed by atoms with Crippen molar-refractivity contribution in [3.63, 3.8) is 0 Å². The van der Waals surface area contributed by atoms with Crippen LogP contribution in [0.1, 0.15) is 32.4 Å². The molecule has 4 heteroatoms. The molecule has 0 spiro atoms. The predicted octanol–water partition coefficient (Wildman–Crippen LogP) is 2.87. The van der Waals surface area contributed by atoms with Crippen LogP contribution in [0, 0.1) is 5.82 Å². The van der Waals surface area contributed by atoms with Gasteiger partial charge in [-0.1, -0.05) is 13.0 Å². The second-order valence-corrected chi connectivity index (χ2v) is 3.72. The van der Waals surface area contributed by atoms with Gasteiger partial charge >= 0.3 is 0 Å². The van der Waals surface area contributed by atoms with E-state index in [1.54, 1.807) is 12.1 Å². The Morgan fingerprint density at radius 1 is 1.35 bits per heavy atom. The molecule has 3 nitrogen and oxygen atoms in total. The van der Waals surface area contributed by atoms with Gasteiger partial charge in [-0.25, -0.2) is 4.39 Å². The molecule has 1 aromatic carbocycles. The number of halogens is 1. The Morgan fingerprint density at radius 2 is 2.12 bits per heavy atom. The average molecular weight is 241 g/mol. The number of nitrogens with one attached hydrogen (secondary N) is 1. The van der Waals surface area contributed by atoms with Gasteiger partial charge in [0.05, 0.1) is 0 Å². The lowest BCUT2D eigenvalue weighted by Crippen LogP contribution is -2.18. The molecule has 0 bridgehead atoms. The van der Waals surface area contributed by atoms with Gasteiger partial charge in [-0.3, -0.25) is 0 Å². The van der Waals surface area contributed by atoms with Gasteiger partial charge in [-0.15, -0.1) is 0 Å². The third-order valence-electron chi connectivity index (χ3n) is 2.46. The van der Waals surface area contributed by atoms with Gasteiger partial charge in [0.2, 0.25) is 0 Å². The van der Waals surface area contributed by atoms with E-state index in [1.165, 1.54) is 6.07 Å². The highest BCUT2D eigenvalue weighted by atomic mass is 19.1. The van der Waals surface area contributed by atoms with Crippen LogP contribution in [-0.2, 0) is 4.74 Å². The topological polar surface area (TPSA) is 30.5 Å². The Morgan fingerprint density at radius 3 is 2.71 bits per heavy atom. The Kier molecular flexibility index (Phi) is 5.94. The van der Waals surface area contributed by atoms with E-state index in [-0.39, 0.29) is 18.7 Å². The molecule has 0 fully saturated rings. The third-order valence-corrected chi connectivity index (χ3v) is 2.46. The van der Waals surface area contributed by atoms with Crippen LogP contribution in [0.4, 0.5) is 4.39 Å². The van der Waals surface area contributed by atoms with Crippen molar-refractivity contribution in [1.82, 2.24) is 5.32 Å². The van der Waals surface area contributed by atoms with Crippen molar-refractivity contribution < 1.29 is 13.9 Å². The van der Waals surface area contributed by atoms with E-state index < -0.39 is 0 Å². The van der Waals surface area contributed by atoms with E-state index in [2.05, 4.69) is 5.32 Å². The van der Waals surface area contributed by atoms with Gasteiger partial charge in [0.1, 0.15) is 11.6 Å². The first kappa shape index (κ1) is 13.9. The van der Waals surface area contributed by atoms with Gasteiger partial charge in [0.25, 0.3) is 0 Å². The summed E-state index contributed by atoms with van der Waals surface area (Å²) in [6.45, 7) is 7.35. The summed E-state index contributed by atoms with van der Waals surface area (Å²) in [4.78, 5) is 0. The van der Waals surface area contributed by atoms with E-state index in [0.717, 1.165) is 6.54 Å². The van der Waals surface area contributed by atoms with Gasteiger partial charge in [-0.05, 0) is 26.5 Å².